The number of rotatable bonds is 3. The standard InChI is InChI=1S/C12H16N4/c1-9-5-11(12(13)14-6-9)4-3-10-7-15-16(2)8-10/h5-8H,3-4H2,1-2H3,(H2,13,14). The fourth-order valence-corrected chi connectivity index (χ4v) is 1.72. The summed E-state index contributed by atoms with van der Waals surface area (Å²) in [5.74, 6) is 0.634. The molecular weight excluding hydrogens is 200 g/mol. The molecule has 0 saturated heterocycles. The first-order valence-corrected chi connectivity index (χ1v) is 5.33. The summed E-state index contributed by atoms with van der Waals surface area (Å²) in [4.78, 5) is 4.15. The molecule has 0 atom stereocenters. The summed E-state index contributed by atoms with van der Waals surface area (Å²) in [6.45, 7) is 2.03. The Morgan fingerprint density at radius 2 is 2.12 bits per heavy atom. The molecule has 2 aromatic heterocycles. The quantitative estimate of drug-likeness (QED) is 0.845. The van der Waals surface area contributed by atoms with Crippen molar-refractivity contribution in [1.29, 1.82) is 0 Å². The molecule has 0 aliphatic rings. The average Bonchev–Trinajstić information content (AvgIpc) is 2.66. The highest BCUT2D eigenvalue weighted by atomic mass is 15.2. The van der Waals surface area contributed by atoms with Crippen molar-refractivity contribution in [3.63, 3.8) is 0 Å². The van der Waals surface area contributed by atoms with Crippen molar-refractivity contribution >= 4 is 5.82 Å². The van der Waals surface area contributed by atoms with Crippen LogP contribution in [0.4, 0.5) is 5.82 Å². The first-order valence-electron chi connectivity index (χ1n) is 5.33. The van der Waals surface area contributed by atoms with Gasteiger partial charge in [0.05, 0.1) is 6.20 Å². The van der Waals surface area contributed by atoms with Crippen LogP contribution in [0.5, 0.6) is 0 Å². The number of pyridine rings is 1. The Bertz CT molecular complexity index is 488. The van der Waals surface area contributed by atoms with Crippen LogP contribution in [0, 0.1) is 6.92 Å². The van der Waals surface area contributed by atoms with Crippen molar-refractivity contribution < 1.29 is 0 Å². The maximum Gasteiger partial charge on any atom is 0.126 e. The van der Waals surface area contributed by atoms with Crippen LogP contribution in [0.15, 0.2) is 24.7 Å². The Balaban J connectivity index is 2.07. The molecule has 0 saturated carbocycles. The first-order chi connectivity index (χ1) is 7.65. The van der Waals surface area contributed by atoms with Gasteiger partial charge in [0, 0.05) is 19.4 Å². The second-order valence-corrected chi connectivity index (χ2v) is 4.08. The summed E-state index contributed by atoms with van der Waals surface area (Å²) in [5.41, 5.74) is 9.32. The van der Waals surface area contributed by atoms with Gasteiger partial charge in [-0.25, -0.2) is 4.98 Å². The van der Waals surface area contributed by atoms with Gasteiger partial charge in [-0.1, -0.05) is 6.07 Å². The molecule has 2 rings (SSSR count). The van der Waals surface area contributed by atoms with Gasteiger partial charge in [-0.15, -0.1) is 0 Å². The summed E-state index contributed by atoms with van der Waals surface area (Å²) in [5, 5.41) is 4.14. The Labute approximate surface area is 95.1 Å². The third kappa shape index (κ3) is 2.39. The summed E-state index contributed by atoms with van der Waals surface area (Å²) >= 11 is 0. The van der Waals surface area contributed by atoms with Crippen LogP contribution in [-0.2, 0) is 19.9 Å². The normalized spacial score (nSPS) is 10.6. The molecule has 4 heteroatoms. The zero-order valence-electron chi connectivity index (χ0n) is 9.64. The molecule has 0 bridgehead atoms. The molecule has 16 heavy (non-hydrogen) atoms. The molecule has 84 valence electrons. The summed E-state index contributed by atoms with van der Waals surface area (Å²) in [7, 11) is 1.92. The van der Waals surface area contributed by atoms with Crippen molar-refractivity contribution in [2.45, 2.75) is 19.8 Å². The molecule has 2 heterocycles. The van der Waals surface area contributed by atoms with Gasteiger partial charge in [0.25, 0.3) is 0 Å². The molecule has 0 radical (unpaired) electrons. The number of hydrogen-bond acceptors (Lipinski definition) is 3. The van der Waals surface area contributed by atoms with E-state index < -0.39 is 0 Å². The monoisotopic (exact) mass is 216 g/mol. The Morgan fingerprint density at radius 1 is 1.31 bits per heavy atom. The maximum atomic E-state index is 5.83. The van der Waals surface area contributed by atoms with Gasteiger partial charge in [0.15, 0.2) is 0 Å². The largest absolute Gasteiger partial charge is 0.383 e. The number of hydrogen-bond donors (Lipinski definition) is 1. The van der Waals surface area contributed by atoms with E-state index in [4.69, 9.17) is 5.73 Å². The zero-order valence-corrected chi connectivity index (χ0v) is 9.64. The minimum Gasteiger partial charge on any atom is -0.383 e. The van der Waals surface area contributed by atoms with E-state index in [-0.39, 0.29) is 0 Å². The lowest BCUT2D eigenvalue weighted by Crippen LogP contribution is -2.00. The zero-order chi connectivity index (χ0) is 11.5. The third-order valence-electron chi connectivity index (χ3n) is 2.58. The van der Waals surface area contributed by atoms with Gasteiger partial charge >= 0.3 is 0 Å². The fourth-order valence-electron chi connectivity index (χ4n) is 1.72. The molecule has 4 nitrogen and oxygen atoms in total. The lowest BCUT2D eigenvalue weighted by atomic mass is 10.1. The van der Waals surface area contributed by atoms with Gasteiger partial charge in [0.1, 0.15) is 5.82 Å². The molecule has 0 amide bonds. The highest BCUT2D eigenvalue weighted by Crippen LogP contribution is 2.13. The predicted octanol–water partition coefficient (Wildman–Crippen LogP) is 1.49. The van der Waals surface area contributed by atoms with Crippen LogP contribution in [0.25, 0.3) is 0 Å². The van der Waals surface area contributed by atoms with Crippen molar-refractivity contribution in [3.05, 3.63) is 41.3 Å². The SMILES string of the molecule is Cc1cnc(N)c(CCc2cnn(C)c2)c1. The van der Waals surface area contributed by atoms with Crippen molar-refractivity contribution in [2.75, 3.05) is 5.73 Å². The van der Waals surface area contributed by atoms with Crippen LogP contribution < -0.4 is 5.73 Å². The minimum absolute atomic E-state index is 0.634. The highest BCUT2D eigenvalue weighted by Gasteiger charge is 2.03. The van der Waals surface area contributed by atoms with Crippen LogP contribution >= 0.6 is 0 Å². The van der Waals surface area contributed by atoms with Crippen LogP contribution in [-0.4, -0.2) is 14.8 Å². The summed E-state index contributed by atoms with van der Waals surface area (Å²) < 4.78 is 1.81. The molecule has 2 aromatic rings. The van der Waals surface area contributed by atoms with Gasteiger partial charge in [-0.2, -0.15) is 5.10 Å². The van der Waals surface area contributed by atoms with E-state index in [9.17, 15) is 0 Å². The Hall–Kier alpha value is -1.84. The minimum atomic E-state index is 0.634. The molecule has 0 aliphatic heterocycles. The highest BCUT2D eigenvalue weighted by molar-refractivity contribution is 5.41. The number of anilines is 1. The van der Waals surface area contributed by atoms with Gasteiger partial charge in [0.2, 0.25) is 0 Å². The summed E-state index contributed by atoms with van der Waals surface area (Å²) in [6, 6.07) is 2.10. The number of nitrogen functional groups attached to an aromatic ring is 1. The smallest absolute Gasteiger partial charge is 0.126 e. The van der Waals surface area contributed by atoms with Crippen molar-refractivity contribution in [3.8, 4) is 0 Å². The number of nitrogens with zero attached hydrogens (tertiary/aromatic N) is 3. The average molecular weight is 216 g/mol. The molecule has 0 aliphatic carbocycles. The third-order valence-corrected chi connectivity index (χ3v) is 2.58. The van der Waals surface area contributed by atoms with E-state index in [1.165, 1.54) is 5.56 Å². The lowest BCUT2D eigenvalue weighted by Gasteiger charge is -2.04. The predicted molar refractivity (Wildman–Crippen MR) is 64.0 cm³/mol. The fraction of sp³-hybridized carbons (Fsp3) is 0.333. The maximum absolute atomic E-state index is 5.83. The van der Waals surface area contributed by atoms with E-state index in [1.807, 2.05) is 31.0 Å². The lowest BCUT2D eigenvalue weighted by molar-refractivity contribution is 0.766. The topological polar surface area (TPSA) is 56.7 Å². The Morgan fingerprint density at radius 3 is 2.81 bits per heavy atom. The summed E-state index contributed by atoms with van der Waals surface area (Å²) in [6.07, 6.45) is 7.57. The van der Waals surface area contributed by atoms with E-state index >= 15 is 0 Å². The first kappa shape index (κ1) is 10.7. The molecule has 0 aromatic carbocycles. The number of nitrogens with two attached hydrogens (primary N) is 1. The van der Waals surface area contributed by atoms with Gasteiger partial charge < -0.3 is 5.73 Å². The second kappa shape index (κ2) is 4.35. The van der Waals surface area contributed by atoms with Crippen molar-refractivity contribution in [2.24, 2.45) is 7.05 Å². The molecule has 0 unspecified atom stereocenters. The van der Waals surface area contributed by atoms with E-state index in [0.717, 1.165) is 24.0 Å². The molecule has 2 N–H and O–H groups in total. The molecule has 0 fully saturated rings. The van der Waals surface area contributed by atoms with E-state index in [0.29, 0.717) is 5.82 Å². The van der Waals surface area contributed by atoms with Crippen LogP contribution in [0.3, 0.4) is 0 Å². The van der Waals surface area contributed by atoms with Gasteiger partial charge in [-0.05, 0) is 36.5 Å². The second-order valence-electron chi connectivity index (χ2n) is 4.08. The van der Waals surface area contributed by atoms with Crippen molar-refractivity contribution in [1.82, 2.24) is 14.8 Å². The molecular formula is C12H16N4. The Kier molecular flexibility index (Phi) is 2.90. The molecule has 0 spiro atoms. The van der Waals surface area contributed by atoms with Gasteiger partial charge in [-0.3, -0.25) is 4.68 Å². The van der Waals surface area contributed by atoms with Crippen LogP contribution in [0.1, 0.15) is 16.7 Å². The number of aryl methyl sites for hydroxylation is 4. The van der Waals surface area contributed by atoms with E-state index in [1.54, 1.807) is 6.20 Å². The number of aromatic nitrogens is 3. The van der Waals surface area contributed by atoms with Crippen LogP contribution in [0.2, 0.25) is 0 Å². The van der Waals surface area contributed by atoms with E-state index in [2.05, 4.69) is 16.1 Å².